The molecular formula is C16H10F2N6O. The van der Waals surface area contributed by atoms with Gasteiger partial charge in [-0.05, 0) is 29.5 Å². The summed E-state index contributed by atoms with van der Waals surface area (Å²) >= 11 is 0. The quantitative estimate of drug-likeness (QED) is 0.614. The first-order chi connectivity index (χ1) is 12.1. The zero-order valence-corrected chi connectivity index (χ0v) is 12.6. The normalized spacial score (nSPS) is 11.6. The predicted octanol–water partition coefficient (Wildman–Crippen LogP) is 2.94. The second kappa shape index (κ2) is 5.86. The van der Waals surface area contributed by atoms with Gasteiger partial charge in [0.2, 0.25) is 5.82 Å². The third-order valence-corrected chi connectivity index (χ3v) is 3.50. The summed E-state index contributed by atoms with van der Waals surface area (Å²) in [7, 11) is 0. The Labute approximate surface area is 139 Å². The number of fused-ring (bicyclic) bond motifs is 1. The van der Waals surface area contributed by atoms with Crippen molar-refractivity contribution in [2.24, 2.45) is 0 Å². The molecule has 0 radical (unpaired) electrons. The summed E-state index contributed by atoms with van der Waals surface area (Å²) in [5.74, 6) is 0.244. The van der Waals surface area contributed by atoms with Crippen molar-refractivity contribution < 1.29 is 13.5 Å². The van der Waals surface area contributed by atoms with Crippen LogP contribution in [0.25, 0.3) is 22.3 Å². The predicted molar refractivity (Wildman–Crippen MR) is 83.7 cm³/mol. The molecule has 3 aromatic heterocycles. The molecule has 4 rings (SSSR count). The Balaban J connectivity index is 1.65. The Kier molecular flexibility index (Phi) is 3.53. The first-order valence-electron chi connectivity index (χ1n) is 7.24. The van der Waals surface area contributed by atoms with Crippen LogP contribution in [0.4, 0.5) is 8.78 Å². The van der Waals surface area contributed by atoms with Crippen LogP contribution >= 0.6 is 0 Å². The lowest BCUT2D eigenvalue weighted by molar-refractivity contribution is -0.187. The number of nitrogens with one attached hydrogen (secondary N) is 1. The van der Waals surface area contributed by atoms with E-state index in [4.69, 9.17) is 4.74 Å². The van der Waals surface area contributed by atoms with Crippen LogP contribution in [0.15, 0.2) is 54.9 Å². The minimum atomic E-state index is -3.62. The van der Waals surface area contributed by atoms with Crippen molar-refractivity contribution in [2.45, 2.75) is 6.11 Å². The van der Waals surface area contributed by atoms with E-state index in [2.05, 4.69) is 30.6 Å². The topological polar surface area (TPSA) is 89.5 Å². The highest BCUT2D eigenvalue weighted by molar-refractivity contribution is 5.84. The first-order valence-corrected chi connectivity index (χ1v) is 7.24. The molecule has 0 aliphatic rings. The van der Waals surface area contributed by atoms with Crippen LogP contribution in [-0.2, 0) is 6.11 Å². The monoisotopic (exact) mass is 340 g/mol. The number of tetrazole rings is 1. The smallest absolute Gasteiger partial charge is 0.425 e. The average molecular weight is 340 g/mol. The summed E-state index contributed by atoms with van der Waals surface area (Å²) in [4.78, 5) is 7.87. The largest absolute Gasteiger partial charge is 0.444 e. The van der Waals surface area contributed by atoms with Crippen molar-refractivity contribution in [2.75, 3.05) is 0 Å². The van der Waals surface area contributed by atoms with Crippen molar-refractivity contribution in [1.82, 2.24) is 30.6 Å². The Hall–Kier alpha value is -3.49. The van der Waals surface area contributed by atoms with Crippen molar-refractivity contribution in [3.8, 4) is 17.1 Å². The third kappa shape index (κ3) is 2.87. The van der Waals surface area contributed by atoms with Crippen LogP contribution < -0.4 is 4.74 Å². The lowest BCUT2D eigenvalue weighted by Crippen LogP contribution is -2.23. The number of pyridine rings is 2. The maximum absolute atomic E-state index is 14.5. The highest BCUT2D eigenvalue weighted by Crippen LogP contribution is 2.34. The van der Waals surface area contributed by atoms with Crippen molar-refractivity contribution in [3.05, 3.63) is 60.6 Å². The van der Waals surface area contributed by atoms with E-state index in [0.717, 1.165) is 6.07 Å². The molecule has 1 aromatic carbocycles. The van der Waals surface area contributed by atoms with Gasteiger partial charge in [0, 0.05) is 23.3 Å². The number of ether oxygens (including phenoxy) is 1. The molecule has 0 atom stereocenters. The molecule has 0 aliphatic heterocycles. The standard InChI is InChI=1S/C16H10F2N6O/c17-16(18,13-7-6-11(9-20-13)15-21-23-24-22-15)25-12-5-1-3-10-4-2-8-19-14(10)12/h1-9H,(H,21,22,23,24). The number of aromatic amines is 1. The second-order valence-corrected chi connectivity index (χ2v) is 5.12. The molecule has 0 unspecified atom stereocenters. The van der Waals surface area contributed by atoms with Crippen LogP contribution in [0.5, 0.6) is 5.75 Å². The van der Waals surface area contributed by atoms with Gasteiger partial charge in [-0.1, -0.05) is 18.2 Å². The third-order valence-electron chi connectivity index (χ3n) is 3.50. The molecule has 0 fully saturated rings. The molecule has 4 aromatic rings. The summed E-state index contributed by atoms with van der Waals surface area (Å²) in [6.07, 6.45) is -0.869. The van der Waals surface area contributed by atoms with E-state index in [1.807, 2.05) is 0 Å². The number of alkyl halides is 2. The van der Waals surface area contributed by atoms with E-state index in [1.54, 1.807) is 24.3 Å². The van der Waals surface area contributed by atoms with E-state index < -0.39 is 11.8 Å². The molecule has 9 heteroatoms. The Morgan fingerprint density at radius 2 is 1.88 bits per heavy atom. The van der Waals surface area contributed by atoms with Gasteiger partial charge in [0.15, 0.2) is 11.4 Å². The fraction of sp³-hybridized carbons (Fsp3) is 0.0625. The van der Waals surface area contributed by atoms with E-state index in [0.29, 0.717) is 16.5 Å². The van der Waals surface area contributed by atoms with Gasteiger partial charge >= 0.3 is 6.11 Å². The summed E-state index contributed by atoms with van der Waals surface area (Å²) < 4.78 is 33.9. The van der Waals surface area contributed by atoms with Crippen LogP contribution in [0, 0.1) is 0 Å². The van der Waals surface area contributed by atoms with Gasteiger partial charge in [-0.25, -0.2) is 0 Å². The SMILES string of the molecule is FC(F)(Oc1cccc2cccnc12)c1ccc(-c2nn[nH]n2)cn1. The van der Waals surface area contributed by atoms with Crippen LogP contribution in [0.3, 0.4) is 0 Å². The maximum Gasteiger partial charge on any atom is 0.444 e. The zero-order chi connectivity index (χ0) is 17.3. The second-order valence-electron chi connectivity index (χ2n) is 5.12. The number of aromatic nitrogens is 6. The summed E-state index contributed by atoms with van der Waals surface area (Å²) in [5, 5.41) is 13.9. The molecule has 0 spiro atoms. The number of halogens is 2. The number of para-hydroxylation sites is 1. The number of hydrogen-bond acceptors (Lipinski definition) is 6. The number of benzene rings is 1. The van der Waals surface area contributed by atoms with E-state index in [-0.39, 0.29) is 11.6 Å². The molecule has 0 bridgehead atoms. The van der Waals surface area contributed by atoms with Gasteiger partial charge < -0.3 is 4.74 Å². The van der Waals surface area contributed by atoms with Gasteiger partial charge in [0.05, 0.1) is 0 Å². The Bertz CT molecular complexity index is 1000. The van der Waals surface area contributed by atoms with Crippen molar-refractivity contribution >= 4 is 10.9 Å². The summed E-state index contributed by atoms with van der Waals surface area (Å²) in [5.41, 5.74) is 0.279. The average Bonchev–Trinajstić information content (AvgIpc) is 3.17. The number of H-pyrrole nitrogens is 1. The van der Waals surface area contributed by atoms with Crippen LogP contribution in [-0.4, -0.2) is 30.6 Å². The lowest BCUT2D eigenvalue weighted by Gasteiger charge is -2.18. The maximum atomic E-state index is 14.5. The fourth-order valence-electron chi connectivity index (χ4n) is 2.33. The van der Waals surface area contributed by atoms with Gasteiger partial charge in [-0.15, -0.1) is 10.2 Å². The van der Waals surface area contributed by atoms with Gasteiger partial charge in [0.25, 0.3) is 0 Å². The zero-order valence-electron chi connectivity index (χ0n) is 12.6. The molecule has 7 nitrogen and oxygen atoms in total. The number of rotatable bonds is 4. The Morgan fingerprint density at radius 1 is 1.00 bits per heavy atom. The van der Waals surface area contributed by atoms with E-state index >= 15 is 0 Å². The number of nitrogens with zero attached hydrogens (tertiary/aromatic N) is 5. The molecule has 1 N–H and O–H groups in total. The van der Waals surface area contributed by atoms with Crippen LogP contribution in [0.2, 0.25) is 0 Å². The molecule has 0 amide bonds. The molecule has 25 heavy (non-hydrogen) atoms. The molecular weight excluding hydrogens is 330 g/mol. The minimum Gasteiger partial charge on any atom is -0.425 e. The molecule has 0 saturated carbocycles. The van der Waals surface area contributed by atoms with Crippen LogP contribution in [0.1, 0.15) is 5.69 Å². The van der Waals surface area contributed by atoms with Gasteiger partial charge in [-0.2, -0.15) is 14.0 Å². The highest BCUT2D eigenvalue weighted by Gasteiger charge is 2.37. The van der Waals surface area contributed by atoms with E-state index in [1.165, 1.54) is 24.5 Å². The molecule has 124 valence electrons. The summed E-state index contributed by atoms with van der Waals surface area (Å²) in [6.45, 7) is 0. The molecule has 0 aliphatic carbocycles. The van der Waals surface area contributed by atoms with Gasteiger partial charge in [0.1, 0.15) is 5.52 Å². The minimum absolute atomic E-state index is 0.0212. The molecule has 0 saturated heterocycles. The first kappa shape index (κ1) is 15.1. The van der Waals surface area contributed by atoms with Crippen molar-refractivity contribution in [1.29, 1.82) is 0 Å². The fourth-order valence-corrected chi connectivity index (χ4v) is 2.33. The Morgan fingerprint density at radius 3 is 2.64 bits per heavy atom. The molecule has 3 heterocycles. The summed E-state index contributed by atoms with van der Waals surface area (Å²) in [6, 6.07) is 10.9. The van der Waals surface area contributed by atoms with Crippen molar-refractivity contribution in [3.63, 3.8) is 0 Å². The highest BCUT2D eigenvalue weighted by atomic mass is 19.3. The lowest BCUT2D eigenvalue weighted by atomic mass is 10.2. The van der Waals surface area contributed by atoms with E-state index in [9.17, 15) is 8.78 Å². The number of hydrogen-bond donors (Lipinski definition) is 1. The van der Waals surface area contributed by atoms with Gasteiger partial charge in [-0.3, -0.25) is 9.97 Å².